The molecule has 3 aromatic rings. The molecule has 0 saturated carbocycles. The molecule has 0 saturated heterocycles. The SMILES string of the molecule is Cc1cccn2cc(C(=O)N[C@@H](C)c3noc(C(F)F)n3)cc12. The minimum atomic E-state index is -2.83. The summed E-state index contributed by atoms with van der Waals surface area (Å²) in [5.74, 6) is -1.09. The lowest BCUT2D eigenvalue weighted by Gasteiger charge is -2.08. The van der Waals surface area contributed by atoms with Crippen molar-refractivity contribution in [3.05, 3.63) is 53.4 Å². The van der Waals surface area contributed by atoms with Crippen molar-refractivity contribution in [2.45, 2.75) is 26.3 Å². The number of rotatable bonds is 4. The van der Waals surface area contributed by atoms with Gasteiger partial charge in [0.05, 0.1) is 11.6 Å². The molecule has 0 aliphatic rings. The maximum atomic E-state index is 12.4. The second kappa shape index (κ2) is 5.79. The molecule has 1 N–H and O–H groups in total. The van der Waals surface area contributed by atoms with Crippen molar-refractivity contribution in [1.82, 2.24) is 19.9 Å². The van der Waals surface area contributed by atoms with E-state index in [4.69, 9.17) is 0 Å². The summed E-state index contributed by atoms with van der Waals surface area (Å²) in [6.07, 6.45) is 0.709. The molecule has 1 amide bonds. The van der Waals surface area contributed by atoms with Crippen LogP contribution in [0.2, 0.25) is 0 Å². The molecule has 0 aromatic carbocycles. The van der Waals surface area contributed by atoms with E-state index in [-0.39, 0.29) is 11.7 Å². The van der Waals surface area contributed by atoms with E-state index in [0.717, 1.165) is 11.1 Å². The zero-order valence-corrected chi connectivity index (χ0v) is 12.5. The van der Waals surface area contributed by atoms with Crippen molar-refractivity contribution < 1.29 is 18.1 Å². The van der Waals surface area contributed by atoms with Crippen LogP contribution in [-0.4, -0.2) is 20.4 Å². The average Bonchev–Trinajstić information content (AvgIpc) is 3.15. The number of aryl methyl sites for hydroxylation is 1. The number of nitrogens with zero attached hydrogens (tertiary/aromatic N) is 3. The lowest BCUT2D eigenvalue weighted by atomic mass is 10.2. The quantitative estimate of drug-likeness (QED) is 0.802. The van der Waals surface area contributed by atoms with Gasteiger partial charge in [-0.3, -0.25) is 4.79 Å². The first-order valence-corrected chi connectivity index (χ1v) is 6.95. The van der Waals surface area contributed by atoms with Gasteiger partial charge in [-0.15, -0.1) is 0 Å². The number of hydrogen-bond donors (Lipinski definition) is 1. The molecule has 1 atom stereocenters. The third-order valence-corrected chi connectivity index (χ3v) is 3.49. The summed E-state index contributed by atoms with van der Waals surface area (Å²) >= 11 is 0. The first-order valence-electron chi connectivity index (χ1n) is 6.95. The van der Waals surface area contributed by atoms with Crippen LogP contribution in [0.3, 0.4) is 0 Å². The molecular weight excluding hydrogens is 306 g/mol. The first kappa shape index (κ1) is 15.1. The Morgan fingerprint density at radius 1 is 1.43 bits per heavy atom. The second-order valence-corrected chi connectivity index (χ2v) is 5.20. The Morgan fingerprint density at radius 3 is 2.87 bits per heavy atom. The largest absolute Gasteiger partial charge is 0.342 e. The molecule has 120 valence electrons. The highest BCUT2D eigenvalue weighted by Gasteiger charge is 2.21. The molecule has 0 unspecified atom stereocenters. The summed E-state index contributed by atoms with van der Waals surface area (Å²) in [6, 6.07) is 4.95. The van der Waals surface area contributed by atoms with Crippen LogP contribution < -0.4 is 5.32 Å². The summed E-state index contributed by atoms with van der Waals surface area (Å²) in [5.41, 5.74) is 2.42. The van der Waals surface area contributed by atoms with Crippen molar-refractivity contribution in [3.8, 4) is 0 Å². The van der Waals surface area contributed by atoms with Gasteiger partial charge in [0, 0.05) is 17.9 Å². The van der Waals surface area contributed by atoms with E-state index in [1.54, 1.807) is 19.2 Å². The number of hydrogen-bond acceptors (Lipinski definition) is 4. The Hall–Kier alpha value is -2.77. The fourth-order valence-electron chi connectivity index (χ4n) is 2.27. The van der Waals surface area contributed by atoms with E-state index in [1.807, 2.05) is 29.7 Å². The predicted molar refractivity (Wildman–Crippen MR) is 77.3 cm³/mol. The van der Waals surface area contributed by atoms with Gasteiger partial charge in [0.25, 0.3) is 11.8 Å². The predicted octanol–water partition coefficient (Wildman–Crippen LogP) is 3.06. The van der Waals surface area contributed by atoms with E-state index in [2.05, 4.69) is 20.0 Å². The van der Waals surface area contributed by atoms with Crippen LogP contribution in [0.15, 0.2) is 35.1 Å². The van der Waals surface area contributed by atoms with Gasteiger partial charge in [-0.25, -0.2) is 0 Å². The summed E-state index contributed by atoms with van der Waals surface area (Å²) in [7, 11) is 0. The third kappa shape index (κ3) is 2.92. The third-order valence-electron chi connectivity index (χ3n) is 3.49. The topological polar surface area (TPSA) is 72.4 Å². The minimum Gasteiger partial charge on any atom is -0.342 e. The number of nitrogens with one attached hydrogen (secondary N) is 1. The monoisotopic (exact) mass is 320 g/mol. The van der Waals surface area contributed by atoms with Crippen LogP contribution >= 0.6 is 0 Å². The van der Waals surface area contributed by atoms with Crippen molar-refractivity contribution in [2.75, 3.05) is 0 Å². The first-order chi connectivity index (χ1) is 11.0. The van der Waals surface area contributed by atoms with Crippen LogP contribution in [-0.2, 0) is 0 Å². The zero-order valence-electron chi connectivity index (χ0n) is 12.5. The highest BCUT2D eigenvalue weighted by molar-refractivity contribution is 5.96. The molecular formula is C15H14F2N4O2. The fraction of sp³-hybridized carbons (Fsp3) is 0.267. The summed E-state index contributed by atoms with van der Waals surface area (Å²) in [4.78, 5) is 15.9. The van der Waals surface area contributed by atoms with E-state index in [9.17, 15) is 13.6 Å². The summed E-state index contributed by atoms with van der Waals surface area (Å²) < 4.78 is 31.2. The number of halogens is 2. The normalized spacial score (nSPS) is 12.7. The van der Waals surface area contributed by atoms with E-state index in [1.165, 1.54) is 0 Å². The van der Waals surface area contributed by atoms with Gasteiger partial charge in [0.2, 0.25) is 0 Å². The maximum absolute atomic E-state index is 12.4. The number of alkyl halides is 2. The highest BCUT2D eigenvalue weighted by atomic mass is 19.3. The van der Waals surface area contributed by atoms with Gasteiger partial charge in [-0.05, 0) is 31.5 Å². The molecule has 0 aliphatic heterocycles. The molecule has 6 nitrogen and oxygen atoms in total. The van der Waals surface area contributed by atoms with Crippen molar-refractivity contribution in [3.63, 3.8) is 0 Å². The molecule has 3 heterocycles. The second-order valence-electron chi connectivity index (χ2n) is 5.20. The number of carbonyl (C=O) groups excluding carboxylic acids is 1. The molecule has 0 radical (unpaired) electrons. The van der Waals surface area contributed by atoms with Crippen LogP contribution in [0.1, 0.15) is 47.0 Å². The molecule has 3 rings (SSSR count). The maximum Gasteiger partial charge on any atom is 0.315 e. The molecule has 0 aliphatic carbocycles. The molecule has 0 spiro atoms. The van der Waals surface area contributed by atoms with Gasteiger partial charge in [-0.1, -0.05) is 11.2 Å². The highest BCUT2D eigenvalue weighted by Crippen LogP contribution is 2.19. The minimum absolute atomic E-state index is 0.00796. The smallest absolute Gasteiger partial charge is 0.315 e. The fourth-order valence-corrected chi connectivity index (χ4v) is 2.27. The van der Waals surface area contributed by atoms with Crippen LogP contribution in [0.4, 0.5) is 8.78 Å². The van der Waals surface area contributed by atoms with Gasteiger partial charge < -0.3 is 14.2 Å². The van der Waals surface area contributed by atoms with Crippen molar-refractivity contribution in [1.29, 1.82) is 0 Å². The average molecular weight is 320 g/mol. The Balaban J connectivity index is 1.78. The van der Waals surface area contributed by atoms with Crippen LogP contribution in [0.25, 0.3) is 5.52 Å². The molecule has 8 heteroatoms. The van der Waals surface area contributed by atoms with Crippen LogP contribution in [0, 0.1) is 6.92 Å². The Morgan fingerprint density at radius 2 is 2.22 bits per heavy atom. The molecule has 0 fully saturated rings. The lowest BCUT2D eigenvalue weighted by molar-refractivity contribution is 0.0937. The molecule has 23 heavy (non-hydrogen) atoms. The van der Waals surface area contributed by atoms with Crippen LogP contribution in [0.5, 0.6) is 0 Å². The van der Waals surface area contributed by atoms with Crippen molar-refractivity contribution >= 4 is 11.4 Å². The molecule has 0 bridgehead atoms. The van der Waals surface area contributed by atoms with E-state index in [0.29, 0.717) is 5.56 Å². The number of amides is 1. The van der Waals surface area contributed by atoms with Gasteiger partial charge in [0.15, 0.2) is 5.82 Å². The van der Waals surface area contributed by atoms with E-state index < -0.39 is 18.4 Å². The number of aromatic nitrogens is 3. The Bertz CT molecular complexity index is 856. The Kier molecular flexibility index (Phi) is 3.81. The zero-order chi connectivity index (χ0) is 16.6. The number of fused-ring (bicyclic) bond motifs is 1. The standard InChI is InChI=1S/C15H14F2N4O2/c1-8-4-3-5-21-7-10(6-11(8)21)14(22)18-9(2)13-19-15(12(16)17)23-20-13/h3-7,9,12H,1-2H3,(H,18,22)/t9-/m0/s1. The van der Waals surface area contributed by atoms with Gasteiger partial charge >= 0.3 is 6.43 Å². The van der Waals surface area contributed by atoms with Gasteiger partial charge in [-0.2, -0.15) is 13.8 Å². The van der Waals surface area contributed by atoms with Crippen molar-refractivity contribution in [2.24, 2.45) is 0 Å². The Labute approximate surface area is 130 Å². The van der Waals surface area contributed by atoms with E-state index >= 15 is 0 Å². The lowest BCUT2D eigenvalue weighted by Crippen LogP contribution is -2.27. The number of pyridine rings is 1. The summed E-state index contributed by atoms with van der Waals surface area (Å²) in [5, 5.41) is 6.12. The molecule has 3 aromatic heterocycles. The summed E-state index contributed by atoms with van der Waals surface area (Å²) in [6.45, 7) is 3.55. The van der Waals surface area contributed by atoms with Gasteiger partial charge in [0.1, 0.15) is 0 Å². The number of carbonyl (C=O) groups is 1.